The summed E-state index contributed by atoms with van der Waals surface area (Å²) >= 11 is 1.83. The number of carbonyl (C=O) groups is 1. The number of carbonyl (C=O) groups excluding carboxylic acids is 1. The first-order valence-corrected chi connectivity index (χ1v) is 9.97. The number of esters is 1. The van der Waals surface area contributed by atoms with Gasteiger partial charge < -0.3 is 4.74 Å². The number of aromatic nitrogens is 1. The van der Waals surface area contributed by atoms with Gasteiger partial charge in [0.25, 0.3) is 0 Å². The zero-order chi connectivity index (χ0) is 18.3. The number of benzene rings is 1. The Kier molecular flexibility index (Phi) is 4.53. The van der Waals surface area contributed by atoms with Crippen LogP contribution in [0.15, 0.2) is 24.3 Å². The van der Waals surface area contributed by atoms with E-state index < -0.39 is 0 Å². The van der Waals surface area contributed by atoms with Crippen molar-refractivity contribution >= 4 is 27.5 Å². The fourth-order valence-corrected chi connectivity index (χ4v) is 5.23. The fraction of sp³-hybridized carbons (Fsp3) is 0.364. The van der Waals surface area contributed by atoms with E-state index in [1.165, 1.54) is 46.9 Å². The summed E-state index contributed by atoms with van der Waals surface area (Å²) in [6.07, 6.45) is 5.00. The smallest absolute Gasteiger partial charge is 0.310 e. The molecule has 0 saturated carbocycles. The average molecular weight is 365 g/mol. The Labute approximate surface area is 158 Å². The highest BCUT2D eigenvalue weighted by Gasteiger charge is 2.24. The molecule has 0 unspecified atom stereocenters. The molecule has 0 atom stereocenters. The van der Waals surface area contributed by atoms with Crippen LogP contribution >= 0.6 is 11.3 Å². The third-order valence-electron chi connectivity index (χ3n) is 5.30. The maximum atomic E-state index is 12.1. The van der Waals surface area contributed by atoms with Gasteiger partial charge in [0.1, 0.15) is 4.83 Å². The molecule has 3 aromatic rings. The summed E-state index contributed by atoms with van der Waals surface area (Å²) in [7, 11) is 1.45. The van der Waals surface area contributed by atoms with Crippen LogP contribution in [0.1, 0.15) is 40.1 Å². The molecule has 2 aromatic heterocycles. The van der Waals surface area contributed by atoms with E-state index in [9.17, 15) is 4.79 Å². The van der Waals surface area contributed by atoms with Gasteiger partial charge in [-0.1, -0.05) is 29.8 Å². The lowest BCUT2D eigenvalue weighted by Crippen LogP contribution is -2.09. The van der Waals surface area contributed by atoms with Crippen molar-refractivity contribution in [2.45, 2.75) is 46.0 Å². The fourth-order valence-electron chi connectivity index (χ4n) is 3.91. The van der Waals surface area contributed by atoms with Crippen LogP contribution in [0, 0.1) is 13.8 Å². The van der Waals surface area contributed by atoms with Crippen molar-refractivity contribution in [3.8, 4) is 11.1 Å². The summed E-state index contributed by atoms with van der Waals surface area (Å²) in [5.41, 5.74) is 6.95. The summed E-state index contributed by atoms with van der Waals surface area (Å²) in [4.78, 5) is 19.6. The number of rotatable bonds is 3. The van der Waals surface area contributed by atoms with Crippen molar-refractivity contribution in [1.82, 2.24) is 4.98 Å². The summed E-state index contributed by atoms with van der Waals surface area (Å²) < 4.78 is 4.96. The molecule has 4 rings (SSSR count). The molecule has 0 N–H and O–H groups in total. The number of hydrogen-bond donors (Lipinski definition) is 0. The maximum absolute atomic E-state index is 12.1. The van der Waals surface area contributed by atoms with Gasteiger partial charge in [-0.15, -0.1) is 11.3 Å². The molecule has 0 aliphatic heterocycles. The molecule has 3 nitrogen and oxygen atoms in total. The van der Waals surface area contributed by atoms with E-state index >= 15 is 0 Å². The normalized spacial score (nSPS) is 13.7. The first-order valence-electron chi connectivity index (χ1n) is 9.16. The molecule has 26 heavy (non-hydrogen) atoms. The molecular formula is C22H23NO2S. The number of fused-ring (bicyclic) bond motifs is 3. The van der Waals surface area contributed by atoms with Gasteiger partial charge in [0.2, 0.25) is 0 Å². The van der Waals surface area contributed by atoms with Gasteiger partial charge >= 0.3 is 5.97 Å². The number of aryl methyl sites for hydroxylation is 4. The lowest BCUT2D eigenvalue weighted by Gasteiger charge is -2.17. The maximum Gasteiger partial charge on any atom is 0.310 e. The molecule has 2 heterocycles. The molecule has 0 radical (unpaired) electrons. The largest absolute Gasteiger partial charge is 0.469 e. The molecule has 0 saturated heterocycles. The second-order valence-corrected chi connectivity index (χ2v) is 8.14. The highest BCUT2D eigenvalue weighted by atomic mass is 32.1. The molecule has 4 heteroatoms. The minimum Gasteiger partial charge on any atom is -0.469 e. The second kappa shape index (κ2) is 6.84. The van der Waals surface area contributed by atoms with Crippen LogP contribution in [0.4, 0.5) is 0 Å². The van der Waals surface area contributed by atoms with Gasteiger partial charge in [-0.05, 0) is 61.8 Å². The summed E-state index contributed by atoms with van der Waals surface area (Å²) in [6.45, 7) is 4.10. The Morgan fingerprint density at radius 3 is 2.62 bits per heavy atom. The van der Waals surface area contributed by atoms with Gasteiger partial charge in [0.05, 0.1) is 13.5 Å². The van der Waals surface area contributed by atoms with Crippen molar-refractivity contribution in [2.75, 3.05) is 7.11 Å². The van der Waals surface area contributed by atoms with E-state index in [1.807, 2.05) is 18.3 Å². The quantitative estimate of drug-likeness (QED) is 0.601. The van der Waals surface area contributed by atoms with E-state index in [-0.39, 0.29) is 12.4 Å². The zero-order valence-electron chi connectivity index (χ0n) is 15.5. The predicted molar refractivity (Wildman–Crippen MR) is 107 cm³/mol. The number of nitrogens with zero attached hydrogens (tertiary/aromatic N) is 1. The molecule has 1 aromatic carbocycles. The zero-order valence-corrected chi connectivity index (χ0v) is 16.3. The van der Waals surface area contributed by atoms with Gasteiger partial charge in [-0.2, -0.15) is 0 Å². The van der Waals surface area contributed by atoms with Crippen molar-refractivity contribution in [3.05, 3.63) is 51.5 Å². The molecule has 1 aliphatic rings. The standard InChI is InChI=1S/C22H23NO2S/c1-13-8-10-15(11-9-13)20-17(12-19(24)25-3)14(2)23-22-21(20)16-6-4-5-7-18(16)26-22/h8-11H,4-7,12H2,1-3H3. The summed E-state index contributed by atoms with van der Waals surface area (Å²) in [6, 6.07) is 8.60. The lowest BCUT2D eigenvalue weighted by molar-refractivity contribution is -0.139. The van der Waals surface area contributed by atoms with Crippen LogP contribution in [0.25, 0.3) is 21.3 Å². The van der Waals surface area contributed by atoms with E-state index in [2.05, 4.69) is 31.2 Å². The minimum absolute atomic E-state index is 0.216. The van der Waals surface area contributed by atoms with E-state index in [0.717, 1.165) is 34.5 Å². The number of methoxy groups -OCH3 is 1. The summed E-state index contributed by atoms with van der Waals surface area (Å²) in [5, 5.41) is 1.26. The Morgan fingerprint density at radius 1 is 1.15 bits per heavy atom. The van der Waals surface area contributed by atoms with Crippen LogP contribution in [0.3, 0.4) is 0 Å². The van der Waals surface area contributed by atoms with E-state index in [4.69, 9.17) is 9.72 Å². The number of pyridine rings is 1. The Morgan fingerprint density at radius 2 is 1.88 bits per heavy atom. The van der Waals surface area contributed by atoms with Gasteiger partial charge in [-0.25, -0.2) is 4.98 Å². The number of hydrogen-bond acceptors (Lipinski definition) is 4. The molecule has 0 amide bonds. The first kappa shape index (κ1) is 17.2. The summed E-state index contributed by atoms with van der Waals surface area (Å²) in [5.74, 6) is -0.216. The van der Waals surface area contributed by atoms with Crippen molar-refractivity contribution in [2.24, 2.45) is 0 Å². The van der Waals surface area contributed by atoms with Gasteiger partial charge in [0.15, 0.2) is 0 Å². The highest BCUT2D eigenvalue weighted by Crippen LogP contribution is 2.43. The van der Waals surface area contributed by atoms with Crippen LogP contribution in [-0.4, -0.2) is 18.1 Å². The van der Waals surface area contributed by atoms with E-state index in [1.54, 1.807) is 0 Å². The topological polar surface area (TPSA) is 39.2 Å². The molecule has 134 valence electrons. The van der Waals surface area contributed by atoms with Crippen LogP contribution in [-0.2, 0) is 28.8 Å². The number of ether oxygens (including phenoxy) is 1. The molecule has 0 bridgehead atoms. The van der Waals surface area contributed by atoms with Crippen molar-refractivity contribution < 1.29 is 9.53 Å². The third-order valence-corrected chi connectivity index (χ3v) is 6.49. The predicted octanol–water partition coefficient (Wildman–Crippen LogP) is 5.17. The Hall–Kier alpha value is -2.20. The monoisotopic (exact) mass is 365 g/mol. The third kappa shape index (κ3) is 2.92. The second-order valence-electron chi connectivity index (χ2n) is 7.06. The minimum atomic E-state index is -0.216. The number of thiophene rings is 1. The van der Waals surface area contributed by atoms with Crippen molar-refractivity contribution in [3.63, 3.8) is 0 Å². The molecule has 0 spiro atoms. The lowest BCUT2D eigenvalue weighted by atomic mass is 9.88. The molecule has 1 aliphatic carbocycles. The Bertz CT molecular complexity index is 986. The van der Waals surface area contributed by atoms with Crippen LogP contribution in [0.2, 0.25) is 0 Å². The van der Waals surface area contributed by atoms with E-state index in [0.29, 0.717) is 0 Å². The first-order chi connectivity index (χ1) is 12.6. The SMILES string of the molecule is COC(=O)Cc1c(C)nc2sc3c(c2c1-c1ccc(C)cc1)CCCC3. The van der Waals surface area contributed by atoms with Crippen molar-refractivity contribution in [1.29, 1.82) is 0 Å². The van der Waals surface area contributed by atoms with Gasteiger partial charge in [0, 0.05) is 16.0 Å². The Balaban J connectivity index is 2.04. The van der Waals surface area contributed by atoms with Gasteiger partial charge in [-0.3, -0.25) is 4.79 Å². The molecule has 0 fully saturated rings. The average Bonchev–Trinajstić information content (AvgIpc) is 3.01. The van der Waals surface area contributed by atoms with Crippen LogP contribution in [0.5, 0.6) is 0 Å². The molecular weight excluding hydrogens is 342 g/mol. The van der Waals surface area contributed by atoms with Crippen LogP contribution < -0.4 is 0 Å². The highest BCUT2D eigenvalue weighted by molar-refractivity contribution is 7.19.